The molecule has 0 unspecified atom stereocenters. The molecule has 0 saturated heterocycles. The zero-order valence-corrected chi connectivity index (χ0v) is 21.5. The van der Waals surface area contributed by atoms with E-state index in [-0.39, 0.29) is 0 Å². The van der Waals surface area contributed by atoms with Crippen LogP contribution in [0.15, 0.2) is 42.5 Å². The lowest BCUT2D eigenvalue weighted by Gasteiger charge is -2.05. The molecule has 5 nitrogen and oxygen atoms in total. The van der Waals surface area contributed by atoms with E-state index >= 15 is 0 Å². The summed E-state index contributed by atoms with van der Waals surface area (Å²) >= 11 is 0. The first-order valence-corrected chi connectivity index (χ1v) is 14.5. The molecule has 0 saturated carbocycles. The smallest absolute Gasteiger partial charge is 0.232 e. The molecule has 0 fully saturated rings. The van der Waals surface area contributed by atoms with E-state index in [2.05, 4.69) is 35.3 Å². The molecule has 1 N–H and O–H groups in total. The van der Waals surface area contributed by atoms with Crippen molar-refractivity contribution in [3.8, 4) is 0 Å². The summed E-state index contributed by atoms with van der Waals surface area (Å²) in [5.74, 6) is -0.423. The van der Waals surface area contributed by atoms with Crippen LogP contribution in [0.4, 0.5) is 0 Å². The number of hydrogen-bond donors (Lipinski definition) is 1. The van der Waals surface area contributed by atoms with Gasteiger partial charge in [0.05, 0.1) is 15.9 Å². The Bertz CT molecular complexity index is 746. The number of hydrogen-bond acceptors (Lipinski definition) is 4. The van der Waals surface area contributed by atoms with Crippen LogP contribution in [-0.4, -0.2) is 43.5 Å². The van der Waals surface area contributed by atoms with Gasteiger partial charge in [0.2, 0.25) is 6.34 Å². The van der Waals surface area contributed by atoms with Crippen molar-refractivity contribution >= 4 is 16.5 Å². The molecule has 1 aromatic carbocycles. The SMILES string of the molecule is CCCCCCCCCCCCCCC=CC[N+]1=CNCC1.O=S(=O)([O-])Cc1ccccc1. The number of rotatable bonds is 17. The van der Waals surface area contributed by atoms with Crippen LogP contribution in [0, 0.1) is 0 Å². The Hall–Kier alpha value is -1.66. The topological polar surface area (TPSA) is 72.2 Å². The average Bonchev–Trinajstić information content (AvgIpc) is 3.30. The summed E-state index contributed by atoms with van der Waals surface area (Å²) < 4.78 is 33.1. The van der Waals surface area contributed by atoms with Crippen LogP contribution in [0.3, 0.4) is 0 Å². The second-order valence-electron chi connectivity index (χ2n) is 8.91. The second kappa shape index (κ2) is 19.8. The van der Waals surface area contributed by atoms with Crippen LogP contribution in [-0.2, 0) is 15.9 Å². The predicted molar refractivity (Wildman–Crippen MR) is 139 cm³/mol. The van der Waals surface area contributed by atoms with Gasteiger partial charge in [-0.2, -0.15) is 0 Å². The first kappa shape index (κ1) is 29.4. The molecule has 0 aliphatic carbocycles. The minimum absolute atomic E-state index is 0.423. The van der Waals surface area contributed by atoms with Crippen molar-refractivity contribution in [2.45, 2.75) is 96.1 Å². The third-order valence-corrected chi connectivity index (χ3v) is 6.42. The zero-order valence-electron chi connectivity index (χ0n) is 20.7. The maximum atomic E-state index is 10.2. The Morgan fingerprint density at radius 3 is 1.97 bits per heavy atom. The van der Waals surface area contributed by atoms with Gasteiger partial charge in [0.1, 0.15) is 19.6 Å². The average molecular weight is 479 g/mol. The van der Waals surface area contributed by atoms with Gasteiger partial charge in [0.15, 0.2) is 0 Å². The minimum Gasteiger partial charge on any atom is -0.748 e. The first-order chi connectivity index (χ1) is 16.0. The van der Waals surface area contributed by atoms with Crippen LogP contribution >= 0.6 is 0 Å². The highest BCUT2D eigenvalue weighted by atomic mass is 32.2. The Morgan fingerprint density at radius 1 is 0.879 bits per heavy atom. The molecular formula is C27H46N2O3S. The van der Waals surface area contributed by atoms with E-state index in [1.807, 2.05) is 0 Å². The van der Waals surface area contributed by atoms with Crippen molar-refractivity contribution in [1.29, 1.82) is 0 Å². The molecule has 0 radical (unpaired) electrons. The van der Waals surface area contributed by atoms with E-state index in [0.717, 1.165) is 19.6 Å². The third-order valence-electron chi connectivity index (χ3n) is 5.73. The van der Waals surface area contributed by atoms with Gasteiger partial charge < -0.3 is 4.55 Å². The quantitative estimate of drug-likeness (QED) is 0.129. The lowest BCUT2D eigenvalue weighted by atomic mass is 10.0. The zero-order chi connectivity index (χ0) is 24.0. The van der Waals surface area contributed by atoms with Gasteiger partial charge in [-0.1, -0.05) is 114 Å². The summed E-state index contributed by atoms with van der Waals surface area (Å²) in [7, 11) is -4.13. The summed E-state index contributed by atoms with van der Waals surface area (Å²) in [6, 6.07) is 8.37. The predicted octanol–water partition coefficient (Wildman–Crippen LogP) is 6.01. The maximum Gasteiger partial charge on any atom is 0.232 e. The lowest BCUT2D eigenvalue weighted by Crippen LogP contribution is -2.09. The fourth-order valence-electron chi connectivity index (χ4n) is 3.82. The van der Waals surface area contributed by atoms with Crippen LogP contribution in [0.25, 0.3) is 0 Å². The third kappa shape index (κ3) is 19.5. The molecule has 0 atom stereocenters. The van der Waals surface area contributed by atoms with Gasteiger partial charge in [0.25, 0.3) is 0 Å². The Labute approximate surface area is 203 Å². The molecular weight excluding hydrogens is 432 g/mol. The summed E-state index contributed by atoms with van der Waals surface area (Å²) in [5.41, 5.74) is 0.530. The molecule has 0 bridgehead atoms. The largest absolute Gasteiger partial charge is 0.748 e. The van der Waals surface area contributed by atoms with Crippen LogP contribution in [0.2, 0.25) is 0 Å². The molecule has 1 aliphatic rings. The summed E-state index contributed by atoms with van der Waals surface area (Å²) in [5, 5.41) is 3.24. The summed E-state index contributed by atoms with van der Waals surface area (Å²) in [6.07, 6.45) is 25.3. The lowest BCUT2D eigenvalue weighted by molar-refractivity contribution is -0.503. The highest BCUT2D eigenvalue weighted by Gasteiger charge is 2.04. The number of unbranched alkanes of at least 4 members (excludes halogenated alkanes) is 12. The van der Waals surface area contributed by atoms with Gasteiger partial charge in [-0.15, -0.1) is 0 Å². The van der Waals surface area contributed by atoms with Crippen molar-refractivity contribution in [1.82, 2.24) is 5.32 Å². The van der Waals surface area contributed by atoms with E-state index in [9.17, 15) is 13.0 Å². The molecule has 1 aliphatic heterocycles. The van der Waals surface area contributed by atoms with Crippen molar-refractivity contribution < 1.29 is 17.5 Å². The van der Waals surface area contributed by atoms with Gasteiger partial charge >= 0.3 is 0 Å². The first-order valence-electron chi connectivity index (χ1n) is 12.9. The molecule has 0 amide bonds. The van der Waals surface area contributed by atoms with E-state index < -0.39 is 15.9 Å². The standard InChI is InChI=1S/C20H38N2.C7H8O3S/c1-2-3-4-5-6-7-8-9-10-11-12-13-14-15-16-18-22-19-17-21-20-22;8-11(9,10)6-7-4-2-1-3-5-7/h15-16,20H,2-14,17-19H2,1H3;1-5H,6H2,(H,8,9,10). The molecule has 0 aromatic heterocycles. The molecule has 1 heterocycles. The minimum atomic E-state index is -4.13. The van der Waals surface area contributed by atoms with Gasteiger partial charge in [-0.25, -0.2) is 8.42 Å². The van der Waals surface area contributed by atoms with E-state index in [1.54, 1.807) is 30.3 Å². The summed E-state index contributed by atoms with van der Waals surface area (Å²) in [6.45, 7) is 5.63. The molecule has 0 spiro atoms. The Kier molecular flexibility index (Phi) is 17.6. The van der Waals surface area contributed by atoms with Crippen LogP contribution in [0.5, 0.6) is 0 Å². The van der Waals surface area contributed by atoms with Crippen molar-refractivity contribution in [3.63, 3.8) is 0 Å². The van der Waals surface area contributed by atoms with E-state index in [1.165, 1.54) is 83.5 Å². The highest BCUT2D eigenvalue weighted by molar-refractivity contribution is 7.84. The molecule has 1 aromatic rings. The number of benzene rings is 1. The maximum absolute atomic E-state index is 10.2. The number of allylic oxidation sites excluding steroid dienone is 1. The van der Waals surface area contributed by atoms with Crippen LogP contribution in [0.1, 0.15) is 96.0 Å². The molecule has 6 heteroatoms. The van der Waals surface area contributed by atoms with Gasteiger partial charge in [0, 0.05) is 0 Å². The van der Waals surface area contributed by atoms with Crippen molar-refractivity contribution in [2.24, 2.45) is 0 Å². The number of nitrogens with zero attached hydrogens (tertiary/aromatic N) is 1. The fourth-order valence-corrected chi connectivity index (χ4v) is 4.42. The van der Waals surface area contributed by atoms with Gasteiger partial charge in [-0.05, 0) is 24.5 Å². The summed E-state index contributed by atoms with van der Waals surface area (Å²) in [4.78, 5) is 0. The normalized spacial score (nSPS) is 13.5. The highest BCUT2D eigenvalue weighted by Crippen LogP contribution is 2.12. The van der Waals surface area contributed by atoms with E-state index in [4.69, 9.17) is 0 Å². The number of nitrogens with one attached hydrogen (secondary N) is 1. The van der Waals surface area contributed by atoms with Crippen LogP contribution < -0.4 is 5.32 Å². The fraction of sp³-hybridized carbons (Fsp3) is 0.667. The van der Waals surface area contributed by atoms with Crippen molar-refractivity contribution in [2.75, 3.05) is 19.6 Å². The van der Waals surface area contributed by atoms with Gasteiger partial charge in [-0.3, -0.25) is 9.89 Å². The Morgan fingerprint density at radius 2 is 1.45 bits per heavy atom. The van der Waals surface area contributed by atoms with Crippen molar-refractivity contribution in [3.05, 3.63) is 48.0 Å². The monoisotopic (exact) mass is 478 g/mol. The molecule has 188 valence electrons. The second-order valence-corrected chi connectivity index (χ2v) is 10.3. The molecule has 33 heavy (non-hydrogen) atoms. The molecule has 2 rings (SSSR count). The Balaban J connectivity index is 0.000000412. The van der Waals surface area contributed by atoms with E-state index in [0.29, 0.717) is 5.56 Å².